The van der Waals surface area contributed by atoms with E-state index < -0.39 is 0 Å². The summed E-state index contributed by atoms with van der Waals surface area (Å²) in [4.78, 5) is 0. The largest absolute Gasteiger partial charge is 0.466 e. The molecule has 64 valence electrons. The van der Waals surface area contributed by atoms with Gasteiger partial charge in [-0.1, -0.05) is 0 Å². The average Bonchev–Trinajstić information content (AvgIpc) is 2.64. The molecule has 2 aliphatic carbocycles. The highest BCUT2D eigenvalue weighted by atomic mass is 16.3. The fourth-order valence-corrected chi connectivity index (χ4v) is 2.39. The molecule has 2 N–H and O–H groups in total. The van der Waals surface area contributed by atoms with Crippen molar-refractivity contribution in [3.63, 3.8) is 0 Å². The molecule has 0 bridgehead atoms. The summed E-state index contributed by atoms with van der Waals surface area (Å²) in [5.74, 6) is 2.16. The molecule has 0 aliphatic heterocycles. The Morgan fingerprint density at radius 1 is 1.58 bits per heavy atom. The first-order valence-electron chi connectivity index (χ1n) is 4.56. The van der Waals surface area contributed by atoms with Crippen LogP contribution in [0.3, 0.4) is 0 Å². The number of hydrogen-bond acceptors (Lipinski definition) is 2. The van der Waals surface area contributed by atoms with E-state index >= 15 is 0 Å². The molecule has 2 heteroatoms. The van der Waals surface area contributed by atoms with Crippen LogP contribution in [0.5, 0.6) is 0 Å². The fourth-order valence-electron chi connectivity index (χ4n) is 2.39. The maximum absolute atomic E-state index is 6.14. The van der Waals surface area contributed by atoms with E-state index in [2.05, 4.69) is 6.07 Å². The first-order valence-corrected chi connectivity index (χ1v) is 4.56. The average molecular weight is 163 g/mol. The highest BCUT2D eigenvalue weighted by molar-refractivity contribution is 5.36. The first kappa shape index (κ1) is 6.72. The minimum atomic E-state index is 0.255. The van der Waals surface area contributed by atoms with E-state index in [1.807, 2.05) is 6.92 Å². The van der Waals surface area contributed by atoms with Crippen LogP contribution in [0, 0.1) is 12.3 Å². The molecular weight excluding hydrogens is 150 g/mol. The summed E-state index contributed by atoms with van der Waals surface area (Å²) >= 11 is 0. The van der Waals surface area contributed by atoms with Crippen LogP contribution >= 0.6 is 0 Å². The van der Waals surface area contributed by atoms with Gasteiger partial charge >= 0.3 is 0 Å². The molecule has 0 radical (unpaired) electrons. The molecule has 0 amide bonds. The van der Waals surface area contributed by atoms with Gasteiger partial charge < -0.3 is 10.2 Å². The maximum atomic E-state index is 6.14. The number of fused-ring (bicyclic) bond motifs is 1. The quantitative estimate of drug-likeness (QED) is 0.634. The summed E-state index contributed by atoms with van der Waals surface area (Å²) in [5, 5.41) is 0. The van der Waals surface area contributed by atoms with Gasteiger partial charge in [0.05, 0.1) is 0 Å². The van der Waals surface area contributed by atoms with Crippen molar-refractivity contribution in [1.82, 2.24) is 0 Å². The first-order chi connectivity index (χ1) is 5.71. The topological polar surface area (TPSA) is 39.2 Å². The van der Waals surface area contributed by atoms with Gasteiger partial charge in [0, 0.05) is 18.0 Å². The third kappa shape index (κ3) is 0.643. The van der Waals surface area contributed by atoms with E-state index in [0.29, 0.717) is 5.41 Å². The molecule has 1 spiro atoms. The third-order valence-electron chi connectivity index (χ3n) is 3.36. The van der Waals surface area contributed by atoms with Crippen molar-refractivity contribution in [3.8, 4) is 0 Å². The fraction of sp³-hybridized carbons (Fsp3) is 0.600. The summed E-state index contributed by atoms with van der Waals surface area (Å²) in [6, 6.07) is 2.36. The summed E-state index contributed by atoms with van der Waals surface area (Å²) in [5.41, 5.74) is 7.83. The maximum Gasteiger partial charge on any atom is 0.109 e. The number of rotatable bonds is 0. The lowest BCUT2D eigenvalue weighted by molar-refractivity contribution is 0.408. The molecule has 1 aromatic rings. The van der Waals surface area contributed by atoms with Crippen molar-refractivity contribution < 1.29 is 4.42 Å². The molecule has 2 nitrogen and oxygen atoms in total. The molecule has 1 saturated carbocycles. The van der Waals surface area contributed by atoms with Gasteiger partial charge in [-0.25, -0.2) is 0 Å². The molecule has 1 unspecified atom stereocenters. The Kier molecular flexibility index (Phi) is 0.990. The zero-order valence-corrected chi connectivity index (χ0v) is 7.26. The van der Waals surface area contributed by atoms with Crippen molar-refractivity contribution in [2.24, 2.45) is 11.1 Å². The van der Waals surface area contributed by atoms with Gasteiger partial charge in [-0.15, -0.1) is 0 Å². The Labute approximate surface area is 71.7 Å². The van der Waals surface area contributed by atoms with Gasteiger partial charge in [0.2, 0.25) is 0 Å². The number of aryl methyl sites for hydroxylation is 1. The highest BCUT2D eigenvalue weighted by Gasteiger charge is 2.54. The standard InChI is InChI=1S/C10H13NO/c1-6-4-7-8(12-6)5-10(2-3-10)9(7)11/h4,9H,2-3,5,11H2,1H3. The van der Waals surface area contributed by atoms with E-state index in [9.17, 15) is 0 Å². The number of nitrogens with two attached hydrogens (primary N) is 1. The molecule has 1 aromatic heterocycles. The van der Waals surface area contributed by atoms with E-state index in [0.717, 1.165) is 17.9 Å². The van der Waals surface area contributed by atoms with Crippen molar-refractivity contribution in [2.45, 2.75) is 32.2 Å². The van der Waals surface area contributed by atoms with E-state index in [1.165, 1.54) is 18.4 Å². The van der Waals surface area contributed by atoms with Gasteiger partial charge in [0.15, 0.2) is 0 Å². The molecule has 1 fully saturated rings. The van der Waals surface area contributed by atoms with Crippen LogP contribution in [0.4, 0.5) is 0 Å². The van der Waals surface area contributed by atoms with Crippen LogP contribution in [-0.4, -0.2) is 0 Å². The Morgan fingerprint density at radius 3 is 2.92 bits per heavy atom. The van der Waals surface area contributed by atoms with Gasteiger partial charge in [-0.2, -0.15) is 0 Å². The van der Waals surface area contributed by atoms with Gasteiger partial charge in [0.25, 0.3) is 0 Å². The summed E-state index contributed by atoms with van der Waals surface area (Å²) in [7, 11) is 0. The summed E-state index contributed by atoms with van der Waals surface area (Å²) in [6.07, 6.45) is 3.66. The minimum absolute atomic E-state index is 0.255. The lowest BCUT2D eigenvalue weighted by Crippen LogP contribution is -2.17. The van der Waals surface area contributed by atoms with Gasteiger partial charge in [-0.3, -0.25) is 0 Å². The molecule has 1 atom stereocenters. The van der Waals surface area contributed by atoms with Gasteiger partial charge in [-0.05, 0) is 31.2 Å². The van der Waals surface area contributed by atoms with Crippen molar-refractivity contribution >= 4 is 0 Å². The Morgan fingerprint density at radius 2 is 2.33 bits per heavy atom. The van der Waals surface area contributed by atoms with Crippen molar-refractivity contribution in [1.29, 1.82) is 0 Å². The predicted octanol–water partition coefficient (Wildman–Crippen LogP) is 1.92. The minimum Gasteiger partial charge on any atom is -0.466 e. The lowest BCUT2D eigenvalue weighted by atomic mass is 9.99. The Hall–Kier alpha value is -0.760. The molecule has 3 rings (SSSR count). The molecule has 0 aromatic carbocycles. The normalized spacial score (nSPS) is 29.3. The second-order valence-corrected chi connectivity index (χ2v) is 4.25. The SMILES string of the molecule is Cc1cc2c(o1)CC1(CC1)C2N. The van der Waals surface area contributed by atoms with Crippen LogP contribution in [0.25, 0.3) is 0 Å². The zero-order valence-electron chi connectivity index (χ0n) is 7.26. The molecule has 1 heterocycles. The molecule has 2 aliphatic rings. The predicted molar refractivity (Wildman–Crippen MR) is 45.7 cm³/mol. The summed E-state index contributed by atoms with van der Waals surface area (Å²) in [6.45, 7) is 1.99. The smallest absolute Gasteiger partial charge is 0.109 e. The van der Waals surface area contributed by atoms with E-state index in [1.54, 1.807) is 0 Å². The second kappa shape index (κ2) is 1.77. The monoisotopic (exact) mass is 163 g/mol. The Balaban J connectivity index is 2.10. The summed E-state index contributed by atoms with van der Waals surface area (Å²) < 4.78 is 5.59. The van der Waals surface area contributed by atoms with Crippen LogP contribution in [-0.2, 0) is 6.42 Å². The van der Waals surface area contributed by atoms with E-state index in [4.69, 9.17) is 10.2 Å². The molecule has 12 heavy (non-hydrogen) atoms. The van der Waals surface area contributed by atoms with Crippen LogP contribution < -0.4 is 5.73 Å². The second-order valence-electron chi connectivity index (χ2n) is 4.25. The van der Waals surface area contributed by atoms with Crippen molar-refractivity contribution in [3.05, 3.63) is 23.2 Å². The Bertz CT molecular complexity index is 336. The van der Waals surface area contributed by atoms with Crippen molar-refractivity contribution in [2.75, 3.05) is 0 Å². The highest BCUT2D eigenvalue weighted by Crippen LogP contribution is 2.61. The van der Waals surface area contributed by atoms with E-state index in [-0.39, 0.29) is 6.04 Å². The van der Waals surface area contributed by atoms with Crippen LogP contribution in [0.2, 0.25) is 0 Å². The zero-order chi connectivity index (χ0) is 8.34. The van der Waals surface area contributed by atoms with Crippen LogP contribution in [0.1, 0.15) is 36.0 Å². The third-order valence-corrected chi connectivity index (χ3v) is 3.36. The lowest BCUT2D eigenvalue weighted by Gasteiger charge is -2.12. The number of furan rings is 1. The number of hydrogen-bond donors (Lipinski definition) is 1. The van der Waals surface area contributed by atoms with Crippen LogP contribution in [0.15, 0.2) is 10.5 Å². The molecular formula is C10H13NO. The molecule has 0 saturated heterocycles. The van der Waals surface area contributed by atoms with Gasteiger partial charge in [0.1, 0.15) is 11.5 Å².